The van der Waals surface area contributed by atoms with Crippen molar-refractivity contribution < 1.29 is 28.5 Å². The van der Waals surface area contributed by atoms with E-state index in [2.05, 4.69) is 9.97 Å². The molecule has 12 heteroatoms. The Hall–Kier alpha value is -2.73. The number of fused-ring (bicyclic) bond motifs is 1. The second kappa shape index (κ2) is 11.7. The van der Waals surface area contributed by atoms with Crippen LogP contribution in [-0.2, 0) is 22.6 Å². The van der Waals surface area contributed by atoms with Gasteiger partial charge in [0.25, 0.3) is 5.91 Å². The maximum atomic E-state index is 16.6. The summed E-state index contributed by atoms with van der Waals surface area (Å²) in [6, 6.07) is 8.81. The summed E-state index contributed by atoms with van der Waals surface area (Å²) in [4.78, 5) is 25.9. The van der Waals surface area contributed by atoms with Gasteiger partial charge in [0.2, 0.25) is 0 Å². The van der Waals surface area contributed by atoms with Crippen LogP contribution in [0.1, 0.15) is 59.1 Å². The predicted molar refractivity (Wildman–Crippen MR) is 153 cm³/mol. The molecule has 2 atom stereocenters. The molecule has 0 spiro atoms. The molecule has 5 rings (SSSR count). The van der Waals surface area contributed by atoms with Gasteiger partial charge in [-0.15, -0.1) is 0 Å². The molecular formula is C30H32Cl2F2N4O4. The maximum absolute atomic E-state index is 16.6. The number of likely N-dealkylation sites (tertiary alicyclic amines) is 1. The van der Waals surface area contributed by atoms with Gasteiger partial charge in [0, 0.05) is 36.1 Å². The molecule has 3 heterocycles. The summed E-state index contributed by atoms with van der Waals surface area (Å²) in [5, 5.41) is 22.3. The standard InChI is InChI=1S/C30H32Cl2F2N4O4/c1-3-29(41,28(34)8-10-37(2)11-9-28)20-14-23-26(24(33)15-20)30(42-13-12-39,19-4-6-21(31)7-5-19)38(27(23)40)18-25-35-16-22(32)17-36-25/h4-7,14-17,39,41H,3,8-13,18H2,1-2H3/t29?,30-/m1/s1. The van der Waals surface area contributed by atoms with Gasteiger partial charge in [0.15, 0.2) is 5.72 Å². The zero-order valence-electron chi connectivity index (χ0n) is 23.3. The van der Waals surface area contributed by atoms with Crippen molar-refractivity contribution in [1.82, 2.24) is 19.8 Å². The summed E-state index contributed by atoms with van der Waals surface area (Å²) in [6.45, 7) is 1.60. The summed E-state index contributed by atoms with van der Waals surface area (Å²) in [5.74, 6) is -1.31. The lowest BCUT2D eigenvalue weighted by molar-refractivity contribution is -0.136. The number of carbonyl (C=O) groups excluding carboxylic acids is 1. The van der Waals surface area contributed by atoms with Gasteiger partial charge >= 0.3 is 0 Å². The second-order valence-corrected chi connectivity index (χ2v) is 11.7. The molecule has 224 valence electrons. The molecule has 42 heavy (non-hydrogen) atoms. The van der Waals surface area contributed by atoms with Gasteiger partial charge in [-0.05, 0) is 56.1 Å². The first-order valence-electron chi connectivity index (χ1n) is 13.7. The lowest BCUT2D eigenvalue weighted by Gasteiger charge is -2.46. The second-order valence-electron chi connectivity index (χ2n) is 10.8. The third kappa shape index (κ3) is 5.08. The van der Waals surface area contributed by atoms with E-state index in [9.17, 15) is 15.0 Å². The number of amides is 1. The monoisotopic (exact) mass is 620 g/mol. The fourth-order valence-corrected chi connectivity index (χ4v) is 6.32. The van der Waals surface area contributed by atoms with Crippen molar-refractivity contribution in [3.63, 3.8) is 0 Å². The number of aliphatic hydroxyl groups excluding tert-OH is 1. The minimum atomic E-state index is -2.05. The van der Waals surface area contributed by atoms with E-state index >= 15 is 8.78 Å². The number of benzene rings is 2. The summed E-state index contributed by atoms with van der Waals surface area (Å²) < 4.78 is 39.3. The molecule has 0 aliphatic carbocycles. The summed E-state index contributed by atoms with van der Waals surface area (Å²) >= 11 is 12.1. The van der Waals surface area contributed by atoms with Gasteiger partial charge in [-0.3, -0.25) is 9.69 Å². The van der Waals surface area contributed by atoms with Gasteiger partial charge < -0.3 is 19.8 Å². The Kier molecular flexibility index (Phi) is 8.59. The number of halogens is 4. The average molecular weight is 622 g/mol. The number of aromatic nitrogens is 2. The minimum absolute atomic E-state index is 0.0292. The van der Waals surface area contributed by atoms with Crippen LogP contribution < -0.4 is 0 Å². The lowest BCUT2D eigenvalue weighted by Crippen LogP contribution is -2.54. The van der Waals surface area contributed by atoms with E-state index in [4.69, 9.17) is 27.9 Å². The van der Waals surface area contributed by atoms with Crippen LogP contribution in [0.4, 0.5) is 8.78 Å². The Morgan fingerprint density at radius 1 is 1.10 bits per heavy atom. The number of ether oxygens (including phenoxy) is 1. The molecule has 1 saturated heterocycles. The number of piperidine rings is 1. The normalized spacial score (nSPS) is 21.8. The largest absolute Gasteiger partial charge is 0.394 e. The van der Waals surface area contributed by atoms with Crippen molar-refractivity contribution in [1.29, 1.82) is 0 Å². The highest BCUT2D eigenvalue weighted by atomic mass is 35.5. The minimum Gasteiger partial charge on any atom is -0.394 e. The van der Waals surface area contributed by atoms with Gasteiger partial charge in [-0.25, -0.2) is 18.7 Å². The Morgan fingerprint density at radius 3 is 2.33 bits per heavy atom. The van der Waals surface area contributed by atoms with Crippen LogP contribution in [0.15, 0.2) is 48.8 Å². The van der Waals surface area contributed by atoms with E-state index in [0.717, 1.165) is 6.07 Å². The summed E-state index contributed by atoms with van der Waals surface area (Å²) in [5.41, 5.74) is -5.85. The highest BCUT2D eigenvalue weighted by Crippen LogP contribution is 2.51. The first kappa shape index (κ1) is 30.7. The zero-order valence-corrected chi connectivity index (χ0v) is 24.8. The smallest absolute Gasteiger partial charge is 0.257 e. The molecule has 8 nitrogen and oxygen atoms in total. The Bertz CT molecular complexity index is 1450. The van der Waals surface area contributed by atoms with Crippen LogP contribution in [-0.4, -0.2) is 74.9 Å². The third-order valence-electron chi connectivity index (χ3n) is 8.41. The van der Waals surface area contributed by atoms with Crippen LogP contribution in [0.5, 0.6) is 0 Å². The number of nitrogens with zero attached hydrogens (tertiary/aromatic N) is 4. The van der Waals surface area contributed by atoms with E-state index in [1.54, 1.807) is 31.2 Å². The molecule has 2 aromatic carbocycles. The number of hydrogen-bond donors (Lipinski definition) is 2. The van der Waals surface area contributed by atoms with Crippen LogP contribution in [0.3, 0.4) is 0 Å². The number of alkyl halides is 1. The molecule has 0 saturated carbocycles. The summed E-state index contributed by atoms with van der Waals surface area (Å²) in [6.07, 6.45) is 2.81. The zero-order chi connectivity index (χ0) is 30.3. The van der Waals surface area contributed by atoms with E-state index < -0.39 is 35.3 Å². The van der Waals surface area contributed by atoms with E-state index in [0.29, 0.717) is 28.7 Å². The molecule has 2 aliphatic heterocycles. The van der Waals surface area contributed by atoms with Crippen molar-refractivity contribution in [3.8, 4) is 0 Å². The van der Waals surface area contributed by atoms with Crippen molar-refractivity contribution in [2.45, 2.75) is 49.7 Å². The van der Waals surface area contributed by atoms with E-state index in [1.165, 1.54) is 23.4 Å². The lowest BCUT2D eigenvalue weighted by atomic mass is 9.71. The van der Waals surface area contributed by atoms with Crippen molar-refractivity contribution in [3.05, 3.63) is 92.7 Å². The maximum Gasteiger partial charge on any atom is 0.257 e. The topological polar surface area (TPSA) is 99.0 Å². The van der Waals surface area contributed by atoms with Crippen molar-refractivity contribution in [2.24, 2.45) is 0 Å². The number of aliphatic hydroxyl groups is 2. The average Bonchev–Trinajstić information content (AvgIpc) is 3.22. The number of carbonyl (C=O) groups is 1. The highest BCUT2D eigenvalue weighted by Gasteiger charge is 2.57. The molecule has 2 N–H and O–H groups in total. The molecule has 2 aliphatic rings. The number of rotatable bonds is 9. The quantitative estimate of drug-likeness (QED) is 0.354. The van der Waals surface area contributed by atoms with Crippen LogP contribution >= 0.6 is 23.2 Å². The Balaban J connectivity index is 1.72. The highest BCUT2D eigenvalue weighted by molar-refractivity contribution is 6.30. The van der Waals surface area contributed by atoms with Crippen molar-refractivity contribution >= 4 is 29.1 Å². The SMILES string of the molecule is CCC(O)(c1cc(F)c2c(c1)C(=O)N(Cc1ncc(Cl)cn1)[C@@]2(OCCO)c1ccc(Cl)cc1)C1(F)CCN(C)CC1. The van der Waals surface area contributed by atoms with E-state index in [-0.39, 0.29) is 54.9 Å². The third-order valence-corrected chi connectivity index (χ3v) is 8.85. The fraction of sp³-hybridized carbons (Fsp3) is 0.433. The molecule has 1 amide bonds. The van der Waals surface area contributed by atoms with Gasteiger partial charge in [-0.2, -0.15) is 0 Å². The van der Waals surface area contributed by atoms with Crippen LogP contribution in [0.2, 0.25) is 10.0 Å². The molecule has 3 aromatic rings. The van der Waals surface area contributed by atoms with Crippen LogP contribution in [0, 0.1) is 5.82 Å². The fourth-order valence-electron chi connectivity index (χ4n) is 6.10. The molecule has 0 bridgehead atoms. The van der Waals surface area contributed by atoms with Crippen molar-refractivity contribution in [2.75, 3.05) is 33.4 Å². The van der Waals surface area contributed by atoms with Gasteiger partial charge in [0.05, 0.1) is 35.9 Å². The first-order chi connectivity index (χ1) is 20.0. The predicted octanol–water partition coefficient (Wildman–Crippen LogP) is 4.82. The molecular weight excluding hydrogens is 589 g/mol. The molecule has 1 fully saturated rings. The van der Waals surface area contributed by atoms with Gasteiger partial charge in [-0.1, -0.05) is 42.3 Å². The number of hydrogen-bond acceptors (Lipinski definition) is 7. The van der Waals surface area contributed by atoms with Crippen LogP contribution in [0.25, 0.3) is 0 Å². The summed E-state index contributed by atoms with van der Waals surface area (Å²) in [7, 11) is 1.88. The van der Waals surface area contributed by atoms with Gasteiger partial charge in [0.1, 0.15) is 22.9 Å². The first-order valence-corrected chi connectivity index (χ1v) is 14.5. The molecule has 1 unspecified atom stereocenters. The molecule has 0 radical (unpaired) electrons. The Morgan fingerprint density at radius 2 is 1.74 bits per heavy atom. The van der Waals surface area contributed by atoms with E-state index in [1.807, 2.05) is 11.9 Å². The molecule has 1 aromatic heterocycles. The Labute approximate surface area is 252 Å².